The molecule has 2 unspecified atom stereocenters. The summed E-state index contributed by atoms with van der Waals surface area (Å²) in [6.45, 7) is 6.13. The topological polar surface area (TPSA) is 26.7 Å². The van der Waals surface area contributed by atoms with Crippen LogP contribution in [-0.2, 0) is 0 Å². The van der Waals surface area contributed by atoms with Crippen molar-refractivity contribution in [3.05, 3.63) is 0 Å². The minimum Gasteiger partial charge on any atom is -0.391 e. The van der Waals surface area contributed by atoms with Gasteiger partial charge in [0, 0.05) is 38.8 Å². The van der Waals surface area contributed by atoms with Gasteiger partial charge in [-0.05, 0) is 38.0 Å². The van der Waals surface area contributed by atoms with Crippen LogP contribution in [-0.4, -0.2) is 59.8 Å². The highest BCUT2D eigenvalue weighted by atomic mass is 16.3. The summed E-state index contributed by atoms with van der Waals surface area (Å²) in [4.78, 5) is 5.15. The fourth-order valence-electron chi connectivity index (χ4n) is 3.29. The molecule has 0 aromatic rings. The Morgan fingerprint density at radius 1 is 0.938 bits per heavy atom. The Kier molecular flexibility index (Phi) is 3.18. The van der Waals surface area contributed by atoms with Gasteiger partial charge in [0.2, 0.25) is 0 Å². The van der Waals surface area contributed by atoms with E-state index in [4.69, 9.17) is 0 Å². The molecule has 3 heteroatoms. The maximum atomic E-state index is 9.91. The summed E-state index contributed by atoms with van der Waals surface area (Å²) < 4.78 is 0. The van der Waals surface area contributed by atoms with Gasteiger partial charge >= 0.3 is 0 Å². The summed E-state index contributed by atoms with van der Waals surface area (Å²) in [6, 6.07) is 0.475. The van der Waals surface area contributed by atoms with E-state index in [1.54, 1.807) is 0 Å². The summed E-state index contributed by atoms with van der Waals surface area (Å²) in [5.74, 6) is 1.02. The average molecular weight is 224 g/mol. The molecule has 1 aliphatic heterocycles. The van der Waals surface area contributed by atoms with E-state index in [2.05, 4.69) is 9.80 Å². The van der Waals surface area contributed by atoms with Crippen LogP contribution < -0.4 is 0 Å². The zero-order chi connectivity index (χ0) is 11.0. The molecule has 3 fully saturated rings. The second-order valence-electron chi connectivity index (χ2n) is 5.85. The molecule has 0 bridgehead atoms. The fourth-order valence-corrected chi connectivity index (χ4v) is 3.29. The molecule has 1 saturated heterocycles. The third-order valence-corrected chi connectivity index (χ3v) is 4.53. The van der Waals surface area contributed by atoms with Crippen LogP contribution in [0.5, 0.6) is 0 Å². The summed E-state index contributed by atoms with van der Waals surface area (Å²) in [6.07, 6.45) is 6.32. The molecular formula is C13H24N2O. The maximum Gasteiger partial charge on any atom is 0.0695 e. The predicted molar refractivity (Wildman–Crippen MR) is 64.4 cm³/mol. The van der Waals surface area contributed by atoms with Crippen LogP contribution in [0.15, 0.2) is 0 Å². The molecule has 0 spiro atoms. The van der Waals surface area contributed by atoms with Crippen LogP contribution in [0.2, 0.25) is 0 Å². The van der Waals surface area contributed by atoms with Gasteiger partial charge in [-0.15, -0.1) is 0 Å². The maximum absolute atomic E-state index is 9.91. The molecule has 3 rings (SSSR count). The predicted octanol–water partition coefficient (Wildman–Crippen LogP) is 0.927. The first-order valence-corrected chi connectivity index (χ1v) is 6.97. The Bertz CT molecular complexity index is 234. The van der Waals surface area contributed by atoms with Crippen LogP contribution in [0.25, 0.3) is 0 Å². The van der Waals surface area contributed by atoms with Crippen molar-refractivity contribution in [3.8, 4) is 0 Å². The first kappa shape index (κ1) is 11.0. The lowest BCUT2D eigenvalue weighted by molar-refractivity contribution is 0.0344. The number of piperazine rings is 1. The van der Waals surface area contributed by atoms with E-state index in [0.717, 1.165) is 12.3 Å². The molecule has 16 heavy (non-hydrogen) atoms. The van der Waals surface area contributed by atoms with E-state index in [9.17, 15) is 5.11 Å². The van der Waals surface area contributed by atoms with Gasteiger partial charge in [0.1, 0.15) is 0 Å². The minimum atomic E-state index is -0.0463. The van der Waals surface area contributed by atoms with Crippen molar-refractivity contribution < 1.29 is 5.11 Å². The van der Waals surface area contributed by atoms with Crippen molar-refractivity contribution in [3.63, 3.8) is 0 Å². The molecule has 0 aromatic heterocycles. The smallest absolute Gasteiger partial charge is 0.0695 e. The monoisotopic (exact) mass is 224 g/mol. The zero-order valence-electron chi connectivity index (χ0n) is 10.1. The van der Waals surface area contributed by atoms with E-state index in [-0.39, 0.29) is 6.10 Å². The van der Waals surface area contributed by atoms with Crippen molar-refractivity contribution in [1.82, 2.24) is 9.80 Å². The number of aliphatic hydroxyl groups is 1. The quantitative estimate of drug-likeness (QED) is 0.772. The van der Waals surface area contributed by atoms with Gasteiger partial charge in [-0.2, -0.15) is 0 Å². The van der Waals surface area contributed by atoms with E-state index < -0.39 is 0 Å². The second-order valence-corrected chi connectivity index (χ2v) is 5.85. The molecule has 2 saturated carbocycles. The van der Waals surface area contributed by atoms with Gasteiger partial charge in [0.05, 0.1) is 6.10 Å². The molecule has 3 aliphatic rings. The lowest BCUT2D eigenvalue weighted by Gasteiger charge is -2.39. The van der Waals surface area contributed by atoms with Crippen LogP contribution in [0.3, 0.4) is 0 Å². The largest absolute Gasteiger partial charge is 0.391 e. The Morgan fingerprint density at radius 3 is 2.25 bits per heavy atom. The first-order chi connectivity index (χ1) is 7.83. The lowest BCUT2D eigenvalue weighted by Crippen LogP contribution is -2.52. The molecule has 0 aromatic carbocycles. The summed E-state index contributed by atoms with van der Waals surface area (Å²) in [5.41, 5.74) is 0. The van der Waals surface area contributed by atoms with Crippen molar-refractivity contribution in [1.29, 1.82) is 0 Å². The highest BCUT2D eigenvalue weighted by Crippen LogP contribution is 2.30. The molecule has 92 valence electrons. The third kappa shape index (κ3) is 2.41. The van der Waals surface area contributed by atoms with E-state index in [1.807, 2.05) is 0 Å². The van der Waals surface area contributed by atoms with Gasteiger partial charge in [-0.1, -0.05) is 0 Å². The minimum absolute atomic E-state index is 0.0463. The zero-order valence-corrected chi connectivity index (χ0v) is 10.1. The molecule has 0 amide bonds. The van der Waals surface area contributed by atoms with Crippen LogP contribution in [0.1, 0.15) is 32.1 Å². The first-order valence-electron chi connectivity index (χ1n) is 6.97. The normalized spacial score (nSPS) is 38.1. The van der Waals surface area contributed by atoms with E-state index in [1.165, 1.54) is 58.4 Å². The molecule has 3 nitrogen and oxygen atoms in total. The van der Waals surface area contributed by atoms with Crippen LogP contribution >= 0.6 is 0 Å². The fraction of sp³-hybridized carbons (Fsp3) is 1.00. The van der Waals surface area contributed by atoms with Crippen molar-refractivity contribution in [2.75, 3.05) is 32.7 Å². The molecular weight excluding hydrogens is 200 g/mol. The number of hydrogen-bond donors (Lipinski definition) is 1. The number of rotatable bonds is 3. The number of nitrogens with zero attached hydrogens (tertiary/aromatic N) is 2. The van der Waals surface area contributed by atoms with Crippen LogP contribution in [0.4, 0.5) is 0 Å². The molecule has 0 radical (unpaired) electrons. The van der Waals surface area contributed by atoms with Gasteiger partial charge in [-0.25, -0.2) is 0 Å². The summed E-state index contributed by atoms with van der Waals surface area (Å²) >= 11 is 0. The standard InChI is InChI=1S/C13H24N2O/c16-13-3-1-2-12(13)15-8-6-14(7-9-15)10-11-4-5-11/h11-13,16H,1-10H2. The molecule has 2 aliphatic carbocycles. The second kappa shape index (κ2) is 4.63. The molecule has 1 heterocycles. The summed E-state index contributed by atoms with van der Waals surface area (Å²) in [5, 5.41) is 9.91. The molecule has 1 N–H and O–H groups in total. The van der Waals surface area contributed by atoms with Crippen molar-refractivity contribution in [2.45, 2.75) is 44.2 Å². The van der Waals surface area contributed by atoms with Crippen molar-refractivity contribution in [2.24, 2.45) is 5.92 Å². The Labute approximate surface area is 98.4 Å². The highest BCUT2D eigenvalue weighted by molar-refractivity contribution is 4.88. The van der Waals surface area contributed by atoms with Gasteiger partial charge in [0.25, 0.3) is 0 Å². The number of aliphatic hydroxyl groups excluding tert-OH is 1. The third-order valence-electron chi connectivity index (χ3n) is 4.53. The lowest BCUT2D eigenvalue weighted by atomic mass is 10.1. The Hall–Kier alpha value is -0.120. The molecule has 2 atom stereocenters. The van der Waals surface area contributed by atoms with Gasteiger partial charge < -0.3 is 10.0 Å². The Morgan fingerprint density at radius 2 is 1.69 bits per heavy atom. The van der Waals surface area contributed by atoms with Crippen molar-refractivity contribution >= 4 is 0 Å². The SMILES string of the molecule is OC1CCCC1N1CCN(CC2CC2)CC1. The van der Waals surface area contributed by atoms with E-state index >= 15 is 0 Å². The van der Waals surface area contributed by atoms with Gasteiger partial charge in [-0.3, -0.25) is 4.90 Å². The Balaban J connectivity index is 1.46. The summed E-state index contributed by atoms with van der Waals surface area (Å²) in [7, 11) is 0. The highest BCUT2D eigenvalue weighted by Gasteiger charge is 2.33. The van der Waals surface area contributed by atoms with Gasteiger partial charge in [0.15, 0.2) is 0 Å². The van der Waals surface area contributed by atoms with E-state index in [0.29, 0.717) is 6.04 Å². The van der Waals surface area contributed by atoms with Crippen LogP contribution in [0, 0.1) is 5.92 Å². The number of hydrogen-bond acceptors (Lipinski definition) is 3. The average Bonchev–Trinajstić information content (AvgIpc) is 3.00.